The Kier molecular flexibility index (Phi) is 5.28. The number of amides is 1. The molecule has 0 aliphatic carbocycles. The highest BCUT2D eigenvalue weighted by Gasteiger charge is 2.26. The summed E-state index contributed by atoms with van der Waals surface area (Å²) in [7, 11) is 3.78. The number of hydrogen-bond acceptors (Lipinski definition) is 7. The van der Waals surface area contributed by atoms with E-state index in [1.54, 1.807) is 6.20 Å². The second-order valence-corrected chi connectivity index (χ2v) is 6.30. The van der Waals surface area contributed by atoms with Crippen molar-refractivity contribution in [3.8, 4) is 0 Å². The van der Waals surface area contributed by atoms with E-state index in [4.69, 9.17) is 9.26 Å². The van der Waals surface area contributed by atoms with Gasteiger partial charge in [-0.1, -0.05) is 5.16 Å². The molecule has 1 unspecified atom stereocenters. The Bertz CT molecular complexity index is 731. The first kappa shape index (κ1) is 17.3. The summed E-state index contributed by atoms with van der Waals surface area (Å²) in [6, 6.07) is 3.70. The minimum absolute atomic E-state index is 0.0934. The van der Waals surface area contributed by atoms with Gasteiger partial charge in [0.2, 0.25) is 11.9 Å². The van der Waals surface area contributed by atoms with Gasteiger partial charge in [-0.05, 0) is 13.0 Å². The van der Waals surface area contributed by atoms with Crippen LogP contribution in [0.4, 0.5) is 5.95 Å². The molecular formula is C17H23N5O3. The average molecular weight is 345 g/mol. The van der Waals surface area contributed by atoms with E-state index in [9.17, 15) is 4.79 Å². The van der Waals surface area contributed by atoms with Crippen LogP contribution in [0.2, 0.25) is 0 Å². The number of ether oxygens (including phenoxy) is 1. The number of rotatable bonds is 5. The molecule has 0 aromatic carbocycles. The Balaban J connectivity index is 1.60. The fraction of sp³-hybridized carbons (Fsp3) is 0.529. The SMILES string of the molecule is Cc1cc(CCC(=O)N2CCOC(c3ccnc(N(C)C)n3)C2)no1. The van der Waals surface area contributed by atoms with Crippen molar-refractivity contribution < 1.29 is 14.1 Å². The zero-order valence-corrected chi connectivity index (χ0v) is 14.8. The first-order chi connectivity index (χ1) is 12.0. The Morgan fingerprint density at radius 3 is 3.00 bits per heavy atom. The van der Waals surface area contributed by atoms with Crippen molar-refractivity contribution in [2.75, 3.05) is 38.7 Å². The first-order valence-electron chi connectivity index (χ1n) is 8.35. The van der Waals surface area contributed by atoms with Gasteiger partial charge in [0.05, 0.1) is 24.5 Å². The molecule has 1 aliphatic rings. The Morgan fingerprint density at radius 2 is 2.28 bits per heavy atom. The Hall–Kier alpha value is -2.48. The summed E-state index contributed by atoms with van der Waals surface area (Å²) in [5.74, 6) is 1.48. The number of anilines is 1. The van der Waals surface area contributed by atoms with E-state index in [1.165, 1.54) is 0 Å². The monoisotopic (exact) mass is 345 g/mol. The van der Waals surface area contributed by atoms with E-state index in [2.05, 4.69) is 15.1 Å². The van der Waals surface area contributed by atoms with Gasteiger partial charge in [-0.15, -0.1) is 0 Å². The van der Waals surface area contributed by atoms with Gasteiger partial charge in [0.25, 0.3) is 0 Å². The summed E-state index contributed by atoms with van der Waals surface area (Å²) in [4.78, 5) is 24.9. The number of carbonyl (C=O) groups excluding carboxylic acids is 1. The van der Waals surface area contributed by atoms with Crippen LogP contribution in [-0.2, 0) is 16.0 Å². The molecule has 8 nitrogen and oxygen atoms in total. The van der Waals surface area contributed by atoms with Crippen LogP contribution in [0.15, 0.2) is 22.9 Å². The molecule has 0 bridgehead atoms. The normalized spacial score (nSPS) is 17.6. The van der Waals surface area contributed by atoms with E-state index in [0.717, 1.165) is 17.1 Å². The lowest BCUT2D eigenvalue weighted by atomic mass is 10.1. The molecule has 3 rings (SSSR count). The molecule has 25 heavy (non-hydrogen) atoms. The summed E-state index contributed by atoms with van der Waals surface area (Å²) in [5.41, 5.74) is 1.60. The fourth-order valence-electron chi connectivity index (χ4n) is 2.74. The van der Waals surface area contributed by atoms with E-state index in [0.29, 0.717) is 38.5 Å². The highest BCUT2D eigenvalue weighted by atomic mass is 16.5. The third kappa shape index (κ3) is 4.33. The van der Waals surface area contributed by atoms with Gasteiger partial charge in [0.1, 0.15) is 11.9 Å². The van der Waals surface area contributed by atoms with Crippen LogP contribution in [-0.4, -0.2) is 59.7 Å². The Labute approximate surface area is 146 Å². The van der Waals surface area contributed by atoms with E-state index >= 15 is 0 Å². The molecule has 2 aromatic rings. The van der Waals surface area contributed by atoms with Crippen LogP contribution < -0.4 is 4.90 Å². The van der Waals surface area contributed by atoms with E-state index < -0.39 is 0 Å². The van der Waals surface area contributed by atoms with Gasteiger partial charge in [0.15, 0.2) is 0 Å². The minimum atomic E-state index is -0.228. The molecule has 3 heterocycles. The van der Waals surface area contributed by atoms with Crippen molar-refractivity contribution >= 4 is 11.9 Å². The summed E-state index contributed by atoms with van der Waals surface area (Å²) in [5, 5.41) is 3.93. The topological polar surface area (TPSA) is 84.6 Å². The number of hydrogen-bond donors (Lipinski definition) is 0. The van der Waals surface area contributed by atoms with Crippen LogP contribution in [0.25, 0.3) is 0 Å². The molecule has 8 heteroatoms. The van der Waals surface area contributed by atoms with Crippen molar-refractivity contribution in [1.82, 2.24) is 20.0 Å². The summed E-state index contributed by atoms with van der Waals surface area (Å²) in [6.07, 6.45) is 2.48. The van der Waals surface area contributed by atoms with Crippen molar-refractivity contribution in [2.24, 2.45) is 0 Å². The summed E-state index contributed by atoms with van der Waals surface area (Å²) in [6.45, 7) is 3.44. The maximum atomic E-state index is 12.5. The number of carbonyl (C=O) groups is 1. The molecule has 1 amide bonds. The highest BCUT2D eigenvalue weighted by Crippen LogP contribution is 2.22. The molecule has 0 N–H and O–H groups in total. The highest BCUT2D eigenvalue weighted by molar-refractivity contribution is 5.76. The number of aryl methyl sites for hydroxylation is 2. The van der Waals surface area contributed by atoms with Crippen LogP contribution >= 0.6 is 0 Å². The van der Waals surface area contributed by atoms with Crippen LogP contribution in [0.3, 0.4) is 0 Å². The number of morpholine rings is 1. The molecular weight excluding hydrogens is 322 g/mol. The second-order valence-electron chi connectivity index (χ2n) is 6.30. The molecule has 0 radical (unpaired) electrons. The number of aromatic nitrogens is 3. The average Bonchev–Trinajstić information content (AvgIpc) is 3.05. The lowest BCUT2D eigenvalue weighted by Gasteiger charge is -2.33. The second kappa shape index (κ2) is 7.60. The van der Waals surface area contributed by atoms with Crippen molar-refractivity contribution in [1.29, 1.82) is 0 Å². The van der Waals surface area contributed by atoms with Crippen molar-refractivity contribution in [2.45, 2.75) is 25.9 Å². The quantitative estimate of drug-likeness (QED) is 0.809. The van der Waals surface area contributed by atoms with Gasteiger partial charge < -0.3 is 19.1 Å². The minimum Gasteiger partial charge on any atom is -0.368 e. The third-order valence-electron chi connectivity index (χ3n) is 4.09. The molecule has 0 saturated carbocycles. The molecule has 2 aromatic heterocycles. The standard InChI is InChI=1S/C17H23N5O3/c1-12-10-13(20-25-12)4-5-16(23)22-8-9-24-15(11-22)14-6-7-18-17(19-14)21(2)3/h6-7,10,15H,4-5,8-9,11H2,1-3H3. The molecule has 1 atom stereocenters. The van der Waals surface area contributed by atoms with E-state index in [-0.39, 0.29) is 12.0 Å². The van der Waals surface area contributed by atoms with Crippen LogP contribution in [0.1, 0.15) is 29.7 Å². The molecule has 1 aliphatic heterocycles. The predicted molar refractivity (Wildman–Crippen MR) is 91.2 cm³/mol. The molecule has 1 saturated heterocycles. The molecule has 1 fully saturated rings. The van der Waals surface area contributed by atoms with Gasteiger partial charge in [-0.25, -0.2) is 9.97 Å². The van der Waals surface area contributed by atoms with Crippen molar-refractivity contribution in [3.05, 3.63) is 35.5 Å². The number of nitrogens with zero attached hydrogens (tertiary/aromatic N) is 5. The lowest BCUT2D eigenvalue weighted by Crippen LogP contribution is -2.42. The van der Waals surface area contributed by atoms with Gasteiger partial charge in [-0.2, -0.15) is 0 Å². The lowest BCUT2D eigenvalue weighted by molar-refractivity contribution is -0.139. The summed E-state index contributed by atoms with van der Waals surface area (Å²) < 4.78 is 10.8. The smallest absolute Gasteiger partial charge is 0.225 e. The first-order valence-corrected chi connectivity index (χ1v) is 8.35. The fourth-order valence-corrected chi connectivity index (χ4v) is 2.74. The third-order valence-corrected chi connectivity index (χ3v) is 4.09. The van der Waals surface area contributed by atoms with Crippen LogP contribution in [0, 0.1) is 6.92 Å². The van der Waals surface area contributed by atoms with Gasteiger partial charge in [-0.3, -0.25) is 4.79 Å². The van der Waals surface area contributed by atoms with Crippen LogP contribution in [0.5, 0.6) is 0 Å². The van der Waals surface area contributed by atoms with Gasteiger partial charge >= 0.3 is 0 Å². The maximum absolute atomic E-state index is 12.5. The van der Waals surface area contributed by atoms with Crippen molar-refractivity contribution in [3.63, 3.8) is 0 Å². The zero-order chi connectivity index (χ0) is 17.8. The summed E-state index contributed by atoms with van der Waals surface area (Å²) >= 11 is 0. The predicted octanol–water partition coefficient (Wildman–Crippen LogP) is 1.37. The molecule has 134 valence electrons. The molecule has 0 spiro atoms. The zero-order valence-electron chi connectivity index (χ0n) is 14.8. The maximum Gasteiger partial charge on any atom is 0.225 e. The Morgan fingerprint density at radius 1 is 1.44 bits per heavy atom. The van der Waals surface area contributed by atoms with E-state index in [1.807, 2.05) is 43.0 Å². The van der Waals surface area contributed by atoms with Gasteiger partial charge in [0, 0.05) is 45.7 Å². The largest absolute Gasteiger partial charge is 0.368 e.